The standard InChI is InChI=1S/C20H21N5O2S2/c26-19(22-15-4-1-2-5-15)18(14-7-9-21-10-8-14)25(12-16-6-3-11-28-16)20(27)17-13-29-24-23-17/h3,6-11,13,15,18H,1-2,4-5,12H2,(H,22,26)/t18-/m1/s1. The van der Waals surface area contributed by atoms with Crippen molar-refractivity contribution in [2.24, 2.45) is 0 Å². The van der Waals surface area contributed by atoms with Crippen molar-refractivity contribution in [2.45, 2.75) is 44.3 Å². The molecule has 0 spiro atoms. The van der Waals surface area contributed by atoms with E-state index in [2.05, 4.69) is 19.9 Å². The minimum absolute atomic E-state index is 0.159. The third-order valence-electron chi connectivity index (χ3n) is 5.03. The number of rotatable bonds is 7. The normalized spacial score (nSPS) is 15.2. The maximum Gasteiger partial charge on any atom is 0.276 e. The fraction of sp³-hybridized carbons (Fsp3) is 0.350. The van der Waals surface area contributed by atoms with Gasteiger partial charge in [-0.2, -0.15) is 0 Å². The van der Waals surface area contributed by atoms with Gasteiger partial charge in [-0.15, -0.1) is 16.4 Å². The molecule has 2 amide bonds. The van der Waals surface area contributed by atoms with Crippen LogP contribution >= 0.6 is 22.9 Å². The first-order chi connectivity index (χ1) is 14.2. The van der Waals surface area contributed by atoms with Crippen LogP contribution in [0, 0.1) is 0 Å². The summed E-state index contributed by atoms with van der Waals surface area (Å²) in [4.78, 5) is 33.4. The van der Waals surface area contributed by atoms with E-state index in [9.17, 15) is 9.59 Å². The zero-order chi connectivity index (χ0) is 20.1. The molecule has 1 aliphatic rings. The highest BCUT2D eigenvalue weighted by atomic mass is 32.1. The first kappa shape index (κ1) is 19.7. The van der Waals surface area contributed by atoms with E-state index in [1.807, 2.05) is 17.5 Å². The van der Waals surface area contributed by atoms with Gasteiger partial charge >= 0.3 is 0 Å². The molecular weight excluding hydrogens is 406 g/mol. The zero-order valence-electron chi connectivity index (χ0n) is 15.7. The number of hydrogen-bond donors (Lipinski definition) is 1. The van der Waals surface area contributed by atoms with Gasteiger partial charge in [0.05, 0.1) is 6.54 Å². The number of pyridine rings is 1. The van der Waals surface area contributed by atoms with Gasteiger partial charge in [0.2, 0.25) is 5.91 Å². The van der Waals surface area contributed by atoms with Crippen LogP contribution in [0.5, 0.6) is 0 Å². The van der Waals surface area contributed by atoms with Crippen LogP contribution in [0.2, 0.25) is 0 Å². The summed E-state index contributed by atoms with van der Waals surface area (Å²) in [6.45, 7) is 0.319. The molecule has 3 heterocycles. The second-order valence-electron chi connectivity index (χ2n) is 6.98. The minimum atomic E-state index is -0.769. The highest BCUT2D eigenvalue weighted by molar-refractivity contribution is 7.09. The molecule has 7 nitrogen and oxygen atoms in total. The third-order valence-corrected chi connectivity index (χ3v) is 6.40. The Morgan fingerprint density at radius 2 is 2.00 bits per heavy atom. The Balaban J connectivity index is 1.70. The van der Waals surface area contributed by atoms with Gasteiger partial charge in [-0.1, -0.05) is 23.4 Å². The van der Waals surface area contributed by atoms with Gasteiger partial charge in [0.25, 0.3) is 5.91 Å². The molecule has 0 aromatic carbocycles. The molecule has 29 heavy (non-hydrogen) atoms. The van der Waals surface area contributed by atoms with Crippen LogP contribution in [-0.4, -0.2) is 37.3 Å². The molecule has 1 fully saturated rings. The lowest BCUT2D eigenvalue weighted by Crippen LogP contribution is -2.45. The summed E-state index contributed by atoms with van der Waals surface area (Å²) in [7, 11) is 0. The van der Waals surface area contributed by atoms with Crippen molar-refractivity contribution in [2.75, 3.05) is 0 Å². The maximum absolute atomic E-state index is 13.4. The van der Waals surface area contributed by atoms with Crippen LogP contribution in [0.25, 0.3) is 0 Å². The summed E-state index contributed by atoms with van der Waals surface area (Å²) < 4.78 is 3.82. The monoisotopic (exact) mass is 427 g/mol. The molecule has 0 bridgehead atoms. The molecule has 150 valence electrons. The van der Waals surface area contributed by atoms with E-state index in [1.54, 1.807) is 46.1 Å². The lowest BCUT2D eigenvalue weighted by Gasteiger charge is -2.31. The van der Waals surface area contributed by atoms with Gasteiger partial charge < -0.3 is 10.2 Å². The Labute approximate surface area is 177 Å². The minimum Gasteiger partial charge on any atom is -0.351 e. The number of thiophene rings is 1. The zero-order valence-corrected chi connectivity index (χ0v) is 17.4. The molecule has 9 heteroatoms. The Morgan fingerprint density at radius 1 is 1.21 bits per heavy atom. The van der Waals surface area contributed by atoms with Crippen LogP contribution in [0.15, 0.2) is 47.4 Å². The lowest BCUT2D eigenvalue weighted by molar-refractivity contribution is -0.126. The highest BCUT2D eigenvalue weighted by Crippen LogP contribution is 2.28. The van der Waals surface area contributed by atoms with Crippen LogP contribution in [0.4, 0.5) is 0 Å². The largest absolute Gasteiger partial charge is 0.351 e. The van der Waals surface area contributed by atoms with E-state index in [0.29, 0.717) is 6.54 Å². The van der Waals surface area contributed by atoms with Crippen molar-refractivity contribution < 1.29 is 9.59 Å². The van der Waals surface area contributed by atoms with E-state index in [-0.39, 0.29) is 23.6 Å². The molecule has 0 saturated heterocycles. The number of nitrogens with one attached hydrogen (secondary N) is 1. The van der Waals surface area contributed by atoms with Crippen LogP contribution in [-0.2, 0) is 11.3 Å². The van der Waals surface area contributed by atoms with Crippen LogP contribution in [0.3, 0.4) is 0 Å². The molecular formula is C20H21N5O2S2. The number of amides is 2. The summed E-state index contributed by atoms with van der Waals surface area (Å²) in [5.74, 6) is -0.480. The fourth-order valence-electron chi connectivity index (χ4n) is 3.62. The lowest BCUT2D eigenvalue weighted by atomic mass is 10.0. The Hall–Kier alpha value is -2.65. The quantitative estimate of drug-likeness (QED) is 0.624. The van der Waals surface area contributed by atoms with Crippen molar-refractivity contribution in [3.05, 3.63) is 63.6 Å². The first-order valence-electron chi connectivity index (χ1n) is 9.53. The third kappa shape index (κ3) is 4.68. The summed E-state index contributed by atoms with van der Waals surface area (Å²) in [6, 6.07) is 6.86. The van der Waals surface area contributed by atoms with Gasteiger partial charge in [-0.05, 0) is 53.5 Å². The molecule has 0 unspecified atom stereocenters. The summed E-state index contributed by atoms with van der Waals surface area (Å²) >= 11 is 2.67. The second-order valence-corrected chi connectivity index (χ2v) is 8.62. The van der Waals surface area contributed by atoms with E-state index >= 15 is 0 Å². The predicted octanol–water partition coefficient (Wildman–Crippen LogP) is 3.44. The molecule has 1 saturated carbocycles. The van der Waals surface area contributed by atoms with Crippen molar-refractivity contribution in [3.63, 3.8) is 0 Å². The van der Waals surface area contributed by atoms with Crippen LogP contribution < -0.4 is 5.32 Å². The van der Waals surface area contributed by atoms with Gasteiger partial charge in [0.1, 0.15) is 6.04 Å². The van der Waals surface area contributed by atoms with E-state index < -0.39 is 6.04 Å². The molecule has 3 aromatic heterocycles. The van der Waals surface area contributed by atoms with E-state index in [4.69, 9.17) is 0 Å². The molecule has 4 rings (SSSR count). The molecule has 3 aromatic rings. The molecule has 1 N–H and O–H groups in total. The predicted molar refractivity (Wildman–Crippen MR) is 111 cm³/mol. The SMILES string of the molecule is O=C(NC1CCCC1)[C@@H](c1ccncc1)N(Cc1cccs1)C(=O)c1csnn1. The van der Waals surface area contributed by atoms with Crippen molar-refractivity contribution in [3.8, 4) is 0 Å². The summed E-state index contributed by atoms with van der Waals surface area (Å²) in [5.41, 5.74) is 0.975. The second kappa shape index (κ2) is 9.23. The molecule has 0 aliphatic heterocycles. The van der Waals surface area contributed by atoms with Crippen molar-refractivity contribution >= 4 is 34.7 Å². The number of nitrogens with zero attached hydrogens (tertiary/aromatic N) is 4. The van der Waals surface area contributed by atoms with Crippen LogP contribution in [0.1, 0.15) is 52.7 Å². The summed E-state index contributed by atoms with van der Waals surface area (Å²) in [5, 5.41) is 10.7. The average molecular weight is 428 g/mol. The van der Waals surface area contributed by atoms with E-state index in [1.165, 1.54) is 0 Å². The number of aromatic nitrogens is 3. The van der Waals surface area contributed by atoms with Gasteiger partial charge in [-0.3, -0.25) is 14.6 Å². The summed E-state index contributed by atoms with van der Waals surface area (Å²) in [6.07, 6.45) is 7.47. The molecule has 1 atom stereocenters. The van der Waals surface area contributed by atoms with Gasteiger partial charge in [0.15, 0.2) is 5.69 Å². The van der Waals surface area contributed by atoms with Crippen molar-refractivity contribution in [1.29, 1.82) is 0 Å². The maximum atomic E-state index is 13.4. The number of carbonyl (C=O) groups excluding carboxylic acids is 2. The van der Waals surface area contributed by atoms with Gasteiger partial charge in [0, 0.05) is 28.7 Å². The highest BCUT2D eigenvalue weighted by Gasteiger charge is 2.34. The Morgan fingerprint density at radius 3 is 2.66 bits per heavy atom. The van der Waals surface area contributed by atoms with E-state index in [0.717, 1.165) is 47.7 Å². The number of carbonyl (C=O) groups is 2. The smallest absolute Gasteiger partial charge is 0.276 e. The van der Waals surface area contributed by atoms with Crippen molar-refractivity contribution in [1.82, 2.24) is 24.8 Å². The Kier molecular flexibility index (Phi) is 6.26. The average Bonchev–Trinajstić information content (AvgIpc) is 3.51. The Bertz CT molecular complexity index is 925. The van der Waals surface area contributed by atoms with Gasteiger partial charge in [-0.25, -0.2) is 0 Å². The first-order valence-corrected chi connectivity index (χ1v) is 11.2. The molecule has 1 aliphatic carbocycles. The fourth-order valence-corrected chi connectivity index (χ4v) is 4.76. The number of hydrogen-bond acceptors (Lipinski definition) is 7. The topological polar surface area (TPSA) is 88.1 Å². The molecule has 0 radical (unpaired) electrons.